The van der Waals surface area contributed by atoms with Gasteiger partial charge in [0, 0.05) is 18.6 Å². The minimum absolute atomic E-state index is 0.273. The van der Waals surface area contributed by atoms with Crippen LogP contribution in [0.4, 0.5) is 0 Å². The molecule has 0 saturated heterocycles. The van der Waals surface area contributed by atoms with E-state index in [1.165, 1.54) is 15.3 Å². The van der Waals surface area contributed by atoms with Gasteiger partial charge in [-0.05, 0) is 40.4 Å². The fraction of sp³-hybridized carbons (Fsp3) is 0.286. The number of nitrogens with zero attached hydrogens (tertiary/aromatic N) is 4. The molecule has 3 rings (SSSR count). The molecule has 1 aliphatic carbocycles. The molecule has 0 atom stereocenters. The lowest BCUT2D eigenvalue weighted by Crippen LogP contribution is -2.44. The predicted octanol–water partition coefficient (Wildman–Crippen LogP) is 1.23. The number of hydrogen-bond donors (Lipinski definition) is 0. The van der Waals surface area contributed by atoms with Crippen molar-refractivity contribution in [3.63, 3.8) is 0 Å². The zero-order valence-electron chi connectivity index (χ0n) is 11.0. The number of nitriles is 1. The molecule has 2 aromatic rings. The molecule has 6 nitrogen and oxygen atoms in total. The average molecular weight is 347 g/mol. The Morgan fingerprint density at radius 3 is 2.62 bits per heavy atom. The molecular weight excluding hydrogens is 336 g/mol. The van der Waals surface area contributed by atoms with Gasteiger partial charge in [0.2, 0.25) is 0 Å². The predicted molar refractivity (Wildman–Crippen MR) is 78.8 cm³/mol. The fourth-order valence-corrected chi connectivity index (χ4v) is 2.43. The Morgan fingerprint density at radius 1 is 1.29 bits per heavy atom. The summed E-state index contributed by atoms with van der Waals surface area (Å²) in [6.45, 7) is 0.273. The first-order valence-corrected chi connectivity index (χ1v) is 7.19. The molecule has 2 aromatic heterocycles. The highest BCUT2D eigenvalue weighted by atomic mass is 79.9. The van der Waals surface area contributed by atoms with E-state index >= 15 is 0 Å². The van der Waals surface area contributed by atoms with Gasteiger partial charge in [-0.2, -0.15) is 5.26 Å². The van der Waals surface area contributed by atoms with Crippen LogP contribution < -0.4 is 11.1 Å². The Morgan fingerprint density at radius 2 is 2.05 bits per heavy atom. The van der Waals surface area contributed by atoms with Crippen LogP contribution in [0.5, 0.6) is 0 Å². The number of hydrogen-bond acceptors (Lipinski definition) is 4. The van der Waals surface area contributed by atoms with Gasteiger partial charge in [0.1, 0.15) is 10.1 Å². The molecule has 0 aromatic carbocycles. The Labute approximate surface area is 128 Å². The monoisotopic (exact) mass is 346 g/mol. The number of pyridine rings is 1. The Kier molecular flexibility index (Phi) is 3.26. The molecule has 0 amide bonds. The van der Waals surface area contributed by atoms with E-state index in [2.05, 4.69) is 27.0 Å². The van der Waals surface area contributed by atoms with Crippen molar-refractivity contribution in [1.82, 2.24) is 14.1 Å². The SMILES string of the molecule is N#CC1(n2ccn(Cc3ccc(Br)nc3)c(=O)c2=O)CC1. The van der Waals surface area contributed by atoms with Crippen molar-refractivity contribution in [3.05, 3.63) is 61.6 Å². The van der Waals surface area contributed by atoms with Crippen molar-refractivity contribution in [2.75, 3.05) is 0 Å². The lowest BCUT2D eigenvalue weighted by atomic mass is 10.3. The van der Waals surface area contributed by atoms with E-state index in [9.17, 15) is 9.59 Å². The summed E-state index contributed by atoms with van der Waals surface area (Å²) in [5, 5.41) is 9.12. The van der Waals surface area contributed by atoms with Gasteiger partial charge in [-0.25, -0.2) is 4.98 Å². The van der Waals surface area contributed by atoms with Crippen LogP contribution in [0, 0.1) is 11.3 Å². The van der Waals surface area contributed by atoms with Crippen LogP contribution >= 0.6 is 15.9 Å². The summed E-state index contributed by atoms with van der Waals surface area (Å²) in [7, 11) is 0. The summed E-state index contributed by atoms with van der Waals surface area (Å²) in [4.78, 5) is 28.4. The van der Waals surface area contributed by atoms with Crippen LogP contribution in [-0.2, 0) is 12.1 Å². The van der Waals surface area contributed by atoms with E-state index in [0.29, 0.717) is 17.4 Å². The van der Waals surface area contributed by atoms with Gasteiger partial charge in [-0.1, -0.05) is 6.07 Å². The van der Waals surface area contributed by atoms with Crippen LogP contribution in [0.1, 0.15) is 18.4 Å². The molecule has 0 radical (unpaired) electrons. The maximum atomic E-state index is 12.1. The highest BCUT2D eigenvalue weighted by Crippen LogP contribution is 2.41. The third-order valence-electron chi connectivity index (χ3n) is 3.59. The number of aromatic nitrogens is 3. The summed E-state index contributed by atoms with van der Waals surface area (Å²) in [6.07, 6.45) is 5.93. The summed E-state index contributed by atoms with van der Waals surface area (Å²) in [5.41, 5.74) is -1.27. The second-order valence-corrected chi connectivity index (χ2v) is 5.85. The first-order valence-electron chi connectivity index (χ1n) is 6.40. The molecule has 106 valence electrons. The molecule has 0 unspecified atom stereocenters. The van der Waals surface area contributed by atoms with E-state index in [-0.39, 0.29) is 6.54 Å². The van der Waals surface area contributed by atoms with E-state index < -0.39 is 16.7 Å². The highest BCUT2D eigenvalue weighted by molar-refractivity contribution is 9.10. The maximum absolute atomic E-state index is 12.1. The molecule has 0 bridgehead atoms. The van der Waals surface area contributed by atoms with Gasteiger partial charge in [0.15, 0.2) is 0 Å². The first-order chi connectivity index (χ1) is 10.1. The van der Waals surface area contributed by atoms with Crippen LogP contribution in [0.2, 0.25) is 0 Å². The maximum Gasteiger partial charge on any atom is 0.317 e. The largest absolute Gasteiger partial charge is 0.317 e. The third kappa shape index (κ3) is 2.43. The molecule has 1 aliphatic rings. The van der Waals surface area contributed by atoms with Crippen molar-refractivity contribution in [3.8, 4) is 6.07 Å². The van der Waals surface area contributed by atoms with Crippen molar-refractivity contribution in [1.29, 1.82) is 5.26 Å². The van der Waals surface area contributed by atoms with E-state index in [1.54, 1.807) is 18.5 Å². The van der Waals surface area contributed by atoms with Crippen molar-refractivity contribution in [2.24, 2.45) is 0 Å². The lowest BCUT2D eigenvalue weighted by molar-refractivity contribution is 0.557. The molecular formula is C14H11BrN4O2. The third-order valence-corrected chi connectivity index (χ3v) is 4.06. The summed E-state index contributed by atoms with van der Waals surface area (Å²) in [6, 6.07) is 5.71. The number of rotatable bonds is 3. The van der Waals surface area contributed by atoms with Crippen LogP contribution in [0.3, 0.4) is 0 Å². The van der Waals surface area contributed by atoms with Crippen LogP contribution in [0.25, 0.3) is 0 Å². The van der Waals surface area contributed by atoms with Crippen LogP contribution in [-0.4, -0.2) is 14.1 Å². The molecule has 1 fully saturated rings. The second kappa shape index (κ2) is 4.97. The average Bonchev–Trinajstić information content (AvgIpc) is 3.27. The van der Waals surface area contributed by atoms with Gasteiger partial charge in [-0.3, -0.25) is 14.2 Å². The minimum atomic E-state index is -0.811. The smallest absolute Gasteiger partial charge is 0.305 e. The van der Waals surface area contributed by atoms with Crippen molar-refractivity contribution in [2.45, 2.75) is 24.9 Å². The second-order valence-electron chi connectivity index (χ2n) is 5.04. The quantitative estimate of drug-likeness (QED) is 0.618. The molecule has 21 heavy (non-hydrogen) atoms. The molecule has 7 heteroatoms. The van der Waals surface area contributed by atoms with Gasteiger partial charge < -0.3 is 4.57 Å². The van der Waals surface area contributed by atoms with Gasteiger partial charge in [-0.15, -0.1) is 0 Å². The molecule has 0 aliphatic heterocycles. The molecule has 0 spiro atoms. The Bertz CT molecular complexity index is 841. The molecule has 1 saturated carbocycles. The zero-order chi connectivity index (χ0) is 15.0. The highest BCUT2D eigenvalue weighted by Gasteiger charge is 2.46. The minimum Gasteiger partial charge on any atom is -0.305 e. The molecule has 0 N–H and O–H groups in total. The Hall–Kier alpha value is -2.20. The Balaban J connectivity index is 1.97. The van der Waals surface area contributed by atoms with Crippen LogP contribution in [0.15, 0.2) is 44.9 Å². The summed E-state index contributed by atoms with van der Waals surface area (Å²) < 4.78 is 3.29. The van der Waals surface area contributed by atoms with Crippen molar-refractivity contribution < 1.29 is 0 Å². The summed E-state index contributed by atoms with van der Waals surface area (Å²) in [5.74, 6) is 0. The fourth-order valence-electron chi connectivity index (χ4n) is 2.19. The topological polar surface area (TPSA) is 80.7 Å². The zero-order valence-corrected chi connectivity index (χ0v) is 12.6. The number of halogens is 1. The van der Waals surface area contributed by atoms with Gasteiger partial charge in [0.05, 0.1) is 12.6 Å². The van der Waals surface area contributed by atoms with Crippen molar-refractivity contribution >= 4 is 15.9 Å². The standard InChI is InChI=1S/C14H11BrN4O2/c15-11-2-1-10(7-17-11)8-18-5-6-19(13(21)12(18)20)14(9-16)3-4-14/h1-2,5-7H,3-4,8H2. The lowest BCUT2D eigenvalue weighted by Gasteiger charge is -2.12. The van der Waals surface area contributed by atoms with E-state index in [1.807, 2.05) is 6.07 Å². The van der Waals surface area contributed by atoms with Gasteiger partial charge in [0.25, 0.3) is 0 Å². The summed E-state index contributed by atoms with van der Waals surface area (Å²) >= 11 is 3.24. The molecule has 2 heterocycles. The normalized spacial score (nSPS) is 15.4. The van der Waals surface area contributed by atoms with E-state index in [4.69, 9.17) is 5.26 Å². The first kappa shape index (κ1) is 13.8. The van der Waals surface area contributed by atoms with Gasteiger partial charge >= 0.3 is 11.1 Å². The van der Waals surface area contributed by atoms with E-state index in [0.717, 1.165) is 5.56 Å².